The minimum absolute atomic E-state index is 0.0328. The van der Waals surface area contributed by atoms with Gasteiger partial charge in [-0.15, -0.1) is 0 Å². The number of sulfonamides is 1. The van der Waals surface area contributed by atoms with Crippen LogP contribution in [0.2, 0.25) is 15.1 Å². The second kappa shape index (κ2) is 10.1. The lowest BCUT2D eigenvalue weighted by Crippen LogP contribution is -2.31. The Hall–Kier alpha value is -2.78. The number of amides is 1. The number of fused-ring (bicyclic) bond motifs is 1. The van der Waals surface area contributed by atoms with Gasteiger partial charge in [0.05, 0.1) is 16.3 Å². The summed E-state index contributed by atoms with van der Waals surface area (Å²) in [7, 11) is -4.04. The number of carbonyl (C=O) groups excluding carboxylic acids is 2. The molecule has 0 saturated carbocycles. The molecule has 1 amide bonds. The second-order valence-corrected chi connectivity index (χ2v) is 10.9. The van der Waals surface area contributed by atoms with Gasteiger partial charge in [-0.05, 0) is 61.4 Å². The second-order valence-electron chi connectivity index (χ2n) is 7.80. The van der Waals surface area contributed by atoms with Crippen LogP contribution in [0, 0.1) is 0 Å². The van der Waals surface area contributed by atoms with Crippen LogP contribution in [0.5, 0.6) is 0 Å². The van der Waals surface area contributed by atoms with E-state index in [1.807, 2.05) is 12.1 Å². The molecule has 0 aliphatic carbocycles. The fourth-order valence-electron chi connectivity index (χ4n) is 3.66. The quantitative estimate of drug-likeness (QED) is 0.402. The first-order chi connectivity index (χ1) is 16.6. The number of ether oxygens (including phenoxy) is 1. The molecule has 3 aromatic carbocycles. The van der Waals surface area contributed by atoms with Gasteiger partial charge in [-0.1, -0.05) is 53.0 Å². The van der Waals surface area contributed by atoms with Crippen LogP contribution in [0.15, 0.2) is 65.6 Å². The molecule has 1 atom stereocenters. The maximum atomic E-state index is 13.4. The molecule has 0 bridgehead atoms. The molecule has 182 valence electrons. The van der Waals surface area contributed by atoms with E-state index in [0.717, 1.165) is 11.6 Å². The number of benzene rings is 3. The number of hydrogen-bond donors (Lipinski definition) is 1. The standard InChI is InChI=1S/C24H19Cl3N2O5S/c1-14(23(30)28-19-12-17(25)11-18(26)13-19)34-24(31)16-6-7-20(27)22(10-16)35(32,33)29-9-8-15-4-2-3-5-21(15)29/h2-7,10-14H,8-9H2,1H3,(H,28,30). The van der Waals surface area contributed by atoms with E-state index in [4.69, 9.17) is 39.5 Å². The Balaban J connectivity index is 1.52. The Bertz CT molecular complexity index is 1410. The van der Waals surface area contributed by atoms with Crippen LogP contribution in [0.3, 0.4) is 0 Å². The lowest BCUT2D eigenvalue weighted by molar-refractivity contribution is -0.123. The Morgan fingerprint density at radius 3 is 2.40 bits per heavy atom. The molecule has 0 saturated heterocycles. The van der Waals surface area contributed by atoms with E-state index in [0.29, 0.717) is 27.8 Å². The van der Waals surface area contributed by atoms with Crippen LogP contribution in [0.4, 0.5) is 11.4 Å². The van der Waals surface area contributed by atoms with Gasteiger partial charge in [0, 0.05) is 22.3 Å². The molecule has 0 radical (unpaired) electrons. The number of carbonyl (C=O) groups is 2. The molecule has 11 heteroatoms. The number of nitrogens with one attached hydrogen (secondary N) is 1. The minimum atomic E-state index is -4.04. The molecule has 0 aromatic heterocycles. The van der Waals surface area contributed by atoms with Crippen LogP contribution in [0.1, 0.15) is 22.8 Å². The van der Waals surface area contributed by atoms with Crippen molar-refractivity contribution in [3.63, 3.8) is 0 Å². The summed E-state index contributed by atoms with van der Waals surface area (Å²) < 4.78 is 33.3. The molecule has 1 unspecified atom stereocenters. The Morgan fingerprint density at radius 2 is 1.69 bits per heavy atom. The van der Waals surface area contributed by atoms with Crippen molar-refractivity contribution in [3.05, 3.63) is 86.9 Å². The van der Waals surface area contributed by atoms with Gasteiger partial charge in [0.15, 0.2) is 6.10 Å². The lowest BCUT2D eigenvalue weighted by atomic mass is 10.2. The topological polar surface area (TPSA) is 92.8 Å². The van der Waals surface area contributed by atoms with Gasteiger partial charge in [0.25, 0.3) is 15.9 Å². The molecule has 1 aliphatic rings. The van der Waals surface area contributed by atoms with E-state index < -0.39 is 28.0 Å². The largest absolute Gasteiger partial charge is 0.449 e. The van der Waals surface area contributed by atoms with Gasteiger partial charge in [-0.25, -0.2) is 13.2 Å². The fourth-order valence-corrected chi connectivity index (χ4v) is 6.19. The Morgan fingerprint density at radius 1 is 1.00 bits per heavy atom. The third-order valence-electron chi connectivity index (χ3n) is 5.36. The van der Waals surface area contributed by atoms with Crippen LogP contribution < -0.4 is 9.62 Å². The van der Waals surface area contributed by atoms with E-state index in [1.54, 1.807) is 12.1 Å². The van der Waals surface area contributed by atoms with Crippen molar-refractivity contribution >= 4 is 68.1 Å². The first-order valence-electron chi connectivity index (χ1n) is 10.4. The molecule has 4 rings (SSSR count). The summed E-state index contributed by atoms with van der Waals surface area (Å²) in [5.74, 6) is -1.50. The highest BCUT2D eigenvalue weighted by Crippen LogP contribution is 2.35. The van der Waals surface area contributed by atoms with Crippen molar-refractivity contribution in [2.24, 2.45) is 0 Å². The van der Waals surface area contributed by atoms with Gasteiger partial charge in [-0.2, -0.15) is 0 Å². The predicted octanol–water partition coefficient (Wildman–Crippen LogP) is 5.58. The summed E-state index contributed by atoms with van der Waals surface area (Å²) in [4.78, 5) is 25.0. The number of halogens is 3. The molecule has 0 spiro atoms. The van der Waals surface area contributed by atoms with Gasteiger partial charge >= 0.3 is 5.97 Å². The van der Waals surface area contributed by atoms with Crippen LogP contribution in [0.25, 0.3) is 0 Å². The summed E-state index contributed by atoms with van der Waals surface area (Å²) in [6.45, 7) is 1.64. The zero-order valence-electron chi connectivity index (χ0n) is 18.3. The molecule has 3 aromatic rings. The highest BCUT2D eigenvalue weighted by molar-refractivity contribution is 7.93. The molecule has 1 heterocycles. The van der Waals surface area contributed by atoms with Crippen molar-refractivity contribution in [1.29, 1.82) is 0 Å². The summed E-state index contributed by atoms with van der Waals surface area (Å²) in [5.41, 5.74) is 1.75. The molecule has 1 aliphatic heterocycles. The molecule has 35 heavy (non-hydrogen) atoms. The van der Waals surface area contributed by atoms with Crippen molar-refractivity contribution in [2.75, 3.05) is 16.2 Å². The third kappa shape index (κ3) is 5.41. The smallest absolute Gasteiger partial charge is 0.338 e. The number of esters is 1. The number of anilines is 2. The highest BCUT2D eigenvalue weighted by atomic mass is 35.5. The SMILES string of the molecule is CC(OC(=O)c1ccc(Cl)c(S(=O)(=O)N2CCc3ccccc32)c1)C(=O)Nc1cc(Cl)cc(Cl)c1. The average Bonchev–Trinajstić information content (AvgIpc) is 3.23. The number of para-hydroxylation sites is 1. The van der Waals surface area contributed by atoms with Crippen molar-refractivity contribution in [1.82, 2.24) is 0 Å². The predicted molar refractivity (Wildman–Crippen MR) is 136 cm³/mol. The maximum absolute atomic E-state index is 13.4. The summed E-state index contributed by atoms with van der Waals surface area (Å²) in [6, 6.07) is 15.5. The summed E-state index contributed by atoms with van der Waals surface area (Å²) in [6.07, 6.45) is -0.624. The van der Waals surface area contributed by atoms with E-state index in [-0.39, 0.29) is 22.0 Å². The van der Waals surface area contributed by atoms with Crippen molar-refractivity contribution < 1.29 is 22.7 Å². The average molecular weight is 554 g/mol. The highest BCUT2D eigenvalue weighted by Gasteiger charge is 2.33. The lowest BCUT2D eigenvalue weighted by Gasteiger charge is -2.21. The van der Waals surface area contributed by atoms with Gasteiger partial charge < -0.3 is 10.1 Å². The summed E-state index contributed by atoms with van der Waals surface area (Å²) in [5, 5.41) is 3.18. The molecule has 1 N–H and O–H groups in total. The van der Waals surface area contributed by atoms with Gasteiger partial charge in [0.2, 0.25) is 0 Å². The van der Waals surface area contributed by atoms with Gasteiger partial charge in [0.1, 0.15) is 4.90 Å². The van der Waals surface area contributed by atoms with Crippen LogP contribution in [-0.4, -0.2) is 32.9 Å². The van der Waals surface area contributed by atoms with E-state index in [1.165, 1.54) is 41.6 Å². The molecule has 7 nitrogen and oxygen atoms in total. The Labute approximate surface area is 217 Å². The van der Waals surface area contributed by atoms with Crippen LogP contribution >= 0.6 is 34.8 Å². The molecular weight excluding hydrogens is 535 g/mol. The number of nitrogens with zero attached hydrogens (tertiary/aromatic N) is 1. The zero-order chi connectivity index (χ0) is 25.3. The van der Waals surface area contributed by atoms with Crippen molar-refractivity contribution in [2.45, 2.75) is 24.3 Å². The van der Waals surface area contributed by atoms with E-state index >= 15 is 0 Å². The minimum Gasteiger partial charge on any atom is -0.449 e. The summed E-state index contributed by atoms with van der Waals surface area (Å²) >= 11 is 18.1. The van der Waals surface area contributed by atoms with E-state index in [9.17, 15) is 18.0 Å². The van der Waals surface area contributed by atoms with Crippen molar-refractivity contribution in [3.8, 4) is 0 Å². The zero-order valence-corrected chi connectivity index (χ0v) is 21.4. The van der Waals surface area contributed by atoms with Crippen LogP contribution in [-0.2, 0) is 26.0 Å². The monoisotopic (exact) mass is 552 g/mol. The normalized spacial score (nSPS) is 13.8. The third-order valence-corrected chi connectivity index (χ3v) is 8.09. The first kappa shape index (κ1) is 25.3. The maximum Gasteiger partial charge on any atom is 0.338 e. The number of rotatable bonds is 6. The Kier molecular flexibility index (Phi) is 7.28. The van der Waals surface area contributed by atoms with Gasteiger partial charge in [-0.3, -0.25) is 9.10 Å². The fraction of sp³-hybridized carbons (Fsp3) is 0.167. The molecule has 0 fully saturated rings. The first-order valence-corrected chi connectivity index (χ1v) is 13.0. The number of hydrogen-bond acceptors (Lipinski definition) is 5. The molecular formula is C24H19Cl3N2O5S. The van der Waals surface area contributed by atoms with E-state index in [2.05, 4.69) is 5.32 Å².